The Bertz CT molecular complexity index is 678. The highest BCUT2D eigenvalue weighted by molar-refractivity contribution is 7.99. The molecule has 0 aromatic heterocycles. The SMILES string of the molecule is CC(=O)N1CSCC1C(=O)NNS(=O)(=O)c1ccc(Cl)cc1. The van der Waals surface area contributed by atoms with Crippen LogP contribution in [0.3, 0.4) is 0 Å². The molecule has 0 saturated carbocycles. The van der Waals surface area contributed by atoms with Crippen LogP contribution in [0, 0.1) is 0 Å². The van der Waals surface area contributed by atoms with Gasteiger partial charge in [0.1, 0.15) is 6.04 Å². The minimum atomic E-state index is -3.89. The summed E-state index contributed by atoms with van der Waals surface area (Å²) < 4.78 is 24.0. The summed E-state index contributed by atoms with van der Waals surface area (Å²) >= 11 is 7.13. The first-order chi connectivity index (χ1) is 10.3. The number of hydrazine groups is 1. The van der Waals surface area contributed by atoms with Gasteiger partial charge in [0.05, 0.1) is 10.8 Å². The molecule has 1 aromatic carbocycles. The lowest BCUT2D eigenvalue weighted by Crippen LogP contribution is -2.52. The molecule has 2 rings (SSSR count). The van der Waals surface area contributed by atoms with Crippen molar-refractivity contribution in [3.63, 3.8) is 0 Å². The van der Waals surface area contributed by atoms with Gasteiger partial charge in [-0.05, 0) is 24.3 Å². The van der Waals surface area contributed by atoms with Crippen LogP contribution in [0.5, 0.6) is 0 Å². The van der Waals surface area contributed by atoms with Gasteiger partial charge in [0, 0.05) is 17.7 Å². The van der Waals surface area contributed by atoms with E-state index in [1.807, 2.05) is 4.83 Å². The Kier molecular flexibility index (Phi) is 5.32. The number of hydrogen-bond donors (Lipinski definition) is 2. The van der Waals surface area contributed by atoms with E-state index >= 15 is 0 Å². The van der Waals surface area contributed by atoms with E-state index in [1.165, 1.54) is 47.9 Å². The third kappa shape index (κ3) is 3.92. The van der Waals surface area contributed by atoms with E-state index in [0.29, 0.717) is 16.7 Å². The lowest BCUT2D eigenvalue weighted by atomic mass is 10.3. The van der Waals surface area contributed by atoms with Gasteiger partial charge in [-0.25, -0.2) is 8.42 Å². The Labute approximate surface area is 137 Å². The molecular weight excluding hydrogens is 350 g/mol. The van der Waals surface area contributed by atoms with Crippen molar-refractivity contribution in [2.45, 2.75) is 17.9 Å². The third-order valence-corrected chi connectivity index (χ3v) is 5.55. The summed E-state index contributed by atoms with van der Waals surface area (Å²) in [4.78, 5) is 26.8. The van der Waals surface area contributed by atoms with Gasteiger partial charge in [-0.2, -0.15) is 0 Å². The molecular formula is C12H14ClN3O4S2. The molecule has 22 heavy (non-hydrogen) atoms. The van der Waals surface area contributed by atoms with Crippen molar-refractivity contribution in [1.29, 1.82) is 0 Å². The van der Waals surface area contributed by atoms with Gasteiger partial charge in [0.2, 0.25) is 5.91 Å². The van der Waals surface area contributed by atoms with Crippen molar-refractivity contribution < 1.29 is 18.0 Å². The molecule has 7 nitrogen and oxygen atoms in total. The number of benzene rings is 1. The first kappa shape index (κ1) is 17.1. The van der Waals surface area contributed by atoms with Crippen LogP contribution in [0.15, 0.2) is 29.2 Å². The van der Waals surface area contributed by atoms with E-state index in [0.717, 1.165) is 0 Å². The fraction of sp³-hybridized carbons (Fsp3) is 0.333. The third-order valence-electron chi connectivity index (χ3n) is 3.02. The minimum absolute atomic E-state index is 0.0265. The van der Waals surface area contributed by atoms with Crippen LogP contribution in [-0.2, 0) is 19.6 Å². The largest absolute Gasteiger partial charge is 0.321 e. The number of carbonyl (C=O) groups excluding carboxylic acids is 2. The van der Waals surface area contributed by atoms with E-state index in [-0.39, 0.29) is 10.8 Å². The highest BCUT2D eigenvalue weighted by atomic mass is 35.5. The number of sulfonamides is 1. The van der Waals surface area contributed by atoms with Crippen LogP contribution >= 0.6 is 23.4 Å². The maximum Gasteiger partial charge on any atom is 0.258 e. The van der Waals surface area contributed by atoms with E-state index < -0.39 is 22.0 Å². The predicted octanol–water partition coefficient (Wildman–Crippen LogP) is 0.571. The lowest BCUT2D eigenvalue weighted by molar-refractivity contribution is -0.136. The highest BCUT2D eigenvalue weighted by Crippen LogP contribution is 2.20. The van der Waals surface area contributed by atoms with Crippen LogP contribution in [0.1, 0.15) is 6.92 Å². The zero-order valence-corrected chi connectivity index (χ0v) is 14.0. The van der Waals surface area contributed by atoms with E-state index in [4.69, 9.17) is 11.6 Å². The Balaban J connectivity index is 2.01. The summed E-state index contributed by atoms with van der Waals surface area (Å²) in [5, 5.41) is 0.406. The maximum atomic E-state index is 12.0. The van der Waals surface area contributed by atoms with Crippen molar-refractivity contribution in [3.8, 4) is 0 Å². The molecule has 0 spiro atoms. The number of nitrogens with one attached hydrogen (secondary N) is 2. The van der Waals surface area contributed by atoms with Crippen molar-refractivity contribution in [1.82, 2.24) is 15.2 Å². The number of carbonyl (C=O) groups is 2. The summed E-state index contributed by atoms with van der Waals surface area (Å²) in [6.07, 6.45) is 0. The molecule has 1 heterocycles. The fourth-order valence-electron chi connectivity index (χ4n) is 1.84. The Morgan fingerprint density at radius 1 is 1.32 bits per heavy atom. The first-order valence-corrected chi connectivity index (χ1v) is 9.25. The topological polar surface area (TPSA) is 95.6 Å². The molecule has 0 aliphatic carbocycles. The van der Waals surface area contributed by atoms with Gasteiger partial charge in [-0.15, -0.1) is 16.6 Å². The number of halogens is 1. The van der Waals surface area contributed by atoms with Crippen LogP contribution in [0.25, 0.3) is 0 Å². The van der Waals surface area contributed by atoms with Gasteiger partial charge in [-0.3, -0.25) is 15.0 Å². The molecule has 0 radical (unpaired) electrons. The van der Waals surface area contributed by atoms with Crippen LogP contribution in [0.2, 0.25) is 5.02 Å². The molecule has 1 aliphatic rings. The monoisotopic (exact) mass is 363 g/mol. The number of nitrogens with zero attached hydrogens (tertiary/aromatic N) is 1. The Hall–Kier alpha value is -1.29. The van der Waals surface area contributed by atoms with Crippen molar-refractivity contribution in [3.05, 3.63) is 29.3 Å². The van der Waals surface area contributed by atoms with Crippen LogP contribution in [-0.4, -0.2) is 42.8 Å². The van der Waals surface area contributed by atoms with Crippen LogP contribution < -0.4 is 10.3 Å². The quantitative estimate of drug-likeness (QED) is 0.762. The minimum Gasteiger partial charge on any atom is -0.321 e. The molecule has 2 amide bonds. The Morgan fingerprint density at radius 3 is 2.55 bits per heavy atom. The summed E-state index contributed by atoms with van der Waals surface area (Å²) in [5.41, 5.74) is 2.15. The molecule has 120 valence electrons. The summed E-state index contributed by atoms with van der Waals surface area (Å²) in [7, 11) is -3.89. The molecule has 0 bridgehead atoms. The maximum absolute atomic E-state index is 12.0. The van der Waals surface area contributed by atoms with Crippen LogP contribution in [0.4, 0.5) is 0 Å². The summed E-state index contributed by atoms with van der Waals surface area (Å²) in [6.45, 7) is 1.37. The number of thioether (sulfide) groups is 1. The smallest absolute Gasteiger partial charge is 0.258 e. The fourth-order valence-corrected chi connectivity index (χ4v) is 4.04. The predicted molar refractivity (Wildman–Crippen MR) is 83.5 cm³/mol. The second-order valence-corrected chi connectivity index (χ2v) is 7.67. The Morgan fingerprint density at radius 2 is 1.95 bits per heavy atom. The second-order valence-electron chi connectivity index (χ2n) is 4.55. The molecule has 1 atom stereocenters. The molecule has 1 aromatic rings. The average Bonchev–Trinajstić information content (AvgIpc) is 2.95. The lowest BCUT2D eigenvalue weighted by Gasteiger charge is -2.21. The second kappa shape index (κ2) is 6.86. The molecule has 10 heteroatoms. The van der Waals surface area contributed by atoms with Gasteiger partial charge in [0.15, 0.2) is 0 Å². The van der Waals surface area contributed by atoms with Gasteiger partial charge >= 0.3 is 0 Å². The normalized spacial score (nSPS) is 18.3. The highest BCUT2D eigenvalue weighted by Gasteiger charge is 2.33. The molecule has 1 saturated heterocycles. The molecule has 1 fully saturated rings. The number of hydrogen-bond acceptors (Lipinski definition) is 5. The standard InChI is InChI=1S/C12H14ClN3O4S2/c1-8(17)16-7-21-6-11(16)12(18)14-15-22(19,20)10-4-2-9(13)3-5-10/h2-5,11,15H,6-7H2,1H3,(H,14,18). The number of amides is 2. The number of rotatable bonds is 4. The van der Waals surface area contributed by atoms with E-state index in [9.17, 15) is 18.0 Å². The van der Waals surface area contributed by atoms with Crippen molar-refractivity contribution in [2.24, 2.45) is 0 Å². The molecule has 2 N–H and O–H groups in total. The van der Waals surface area contributed by atoms with Crippen molar-refractivity contribution >= 4 is 45.2 Å². The van der Waals surface area contributed by atoms with Gasteiger partial charge in [0.25, 0.3) is 15.9 Å². The first-order valence-electron chi connectivity index (χ1n) is 6.23. The molecule has 1 unspecified atom stereocenters. The van der Waals surface area contributed by atoms with Gasteiger partial charge in [-0.1, -0.05) is 11.6 Å². The zero-order valence-electron chi connectivity index (χ0n) is 11.6. The van der Waals surface area contributed by atoms with Gasteiger partial charge < -0.3 is 4.90 Å². The molecule has 1 aliphatic heterocycles. The zero-order chi connectivity index (χ0) is 16.3. The van der Waals surface area contributed by atoms with E-state index in [2.05, 4.69) is 5.43 Å². The summed E-state index contributed by atoms with van der Waals surface area (Å²) in [5.74, 6) is 0.0364. The average molecular weight is 364 g/mol. The van der Waals surface area contributed by atoms with E-state index in [1.54, 1.807) is 0 Å². The summed E-state index contributed by atoms with van der Waals surface area (Å²) in [6, 6.07) is 4.83. The van der Waals surface area contributed by atoms with Crippen molar-refractivity contribution in [2.75, 3.05) is 11.6 Å².